The summed E-state index contributed by atoms with van der Waals surface area (Å²) in [6.45, 7) is 4.97. The Kier molecular flexibility index (Phi) is 4.34. The zero-order valence-electron chi connectivity index (χ0n) is 11.8. The van der Waals surface area contributed by atoms with Crippen molar-refractivity contribution < 1.29 is 14.6 Å². The molecule has 1 amide bonds. The quantitative estimate of drug-likeness (QED) is 0.705. The first-order valence-corrected chi connectivity index (χ1v) is 6.76. The van der Waals surface area contributed by atoms with Gasteiger partial charge in [-0.3, -0.25) is 4.79 Å². The van der Waals surface area contributed by atoms with E-state index in [1.165, 1.54) is 0 Å². The Morgan fingerprint density at radius 1 is 1.50 bits per heavy atom. The molecule has 4 N–H and O–H groups in total. The maximum atomic E-state index is 11.4. The molecule has 0 spiro atoms. The van der Waals surface area contributed by atoms with Gasteiger partial charge in [-0.15, -0.1) is 0 Å². The number of carbonyl (C=O) groups is 1. The zero-order chi connectivity index (χ0) is 14.7. The zero-order valence-corrected chi connectivity index (χ0v) is 11.8. The third kappa shape index (κ3) is 2.96. The van der Waals surface area contributed by atoms with E-state index in [1.54, 1.807) is 6.07 Å². The molecule has 20 heavy (non-hydrogen) atoms. The number of aliphatic hydroxyl groups excluding tert-OH is 1. The summed E-state index contributed by atoms with van der Waals surface area (Å²) in [6, 6.07) is 3.81. The molecule has 0 aliphatic carbocycles. The molecule has 0 atom stereocenters. The molecule has 110 valence electrons. The second kappa shape index (κ2) is 6.00. The van der Waals surface area contributed by atoms with E-state index in [-0.39, 0.29) is 25.2 Å². The standard InChI is InChI=1S/C14H21N3O3/c1-9(2)17(4-3-5-18)12-7-11-13(6-10(12)15)20-8-14(19)16-11/h6-7,9,18H,3-5,8,15H2,1-2H3,(H,16,19). The molecule has 0 aromatic heterocycles. The van der Waals surface area contributed by atoms with Crippen LogP contribution in [0.2, 0.25) is 0 Å². The number of aliphatic hydroxyl groups is 1. The number of rotatable bonds is 5. The first-order valence-electron chi connectivity index (χ1n) is 6.76. The van der Waals surface area contributed by atoms with E-state index >= 15 is 0 Å². The molecule has 2 rings (SSSR count). The Balaban J connectivity index is 2.34. The molecule has 0 bridgehead atoms. The van der Waals surface area contributed by atoms with Crippen LogP contribution in [0.1, 0.15) is 20.3 Å². The maximum absolute atomic E-state index is 11.4. The fourth-order valence-electron chi connectivity index (χ4n) is 2.28. The van der Waals surface area contributed by atoms with Crippen molar-refractivity contribution in [2.45, 2.75) is 26.3 Å². The van der Waals surface area contributed by atoms with E-state index in [0.29, 0.717) is 30.1 Å². The first kappa shape index (κ1) is 14.5. The second-order valence-corrected chi connectivity index (χ2v) is 5.11. The third-order valence-electron chi connectivity index (χ3n) is 3.25. The maximum Gasteiger partial charge on any atom is 0.262 e. The second-order valence-electron chi connectivity index (χ2n) is 5.11. The van der Waals surface area contributed by atoms with Crippen molar-refractivity contribution in [3.8, 4) is 5.75 Å². The van der Waals surface area contributed by atoms with Gasteiger partial charge >= 0.3 is 0 Å². The third-order valence-corrected chi connectivity index (χ3v) is 3.25. The lowest BCUT2D eigenvalue weighted by Gasteiger charge is -2.31. The van der Waals surface area contributed by atoms with Gasteiger partial charge in [0.25, 0.3) is 5.91 Å². The minimum atomic E-state index is -0.167. The van der Waals surface area contributed by atoms with Gasteiger partial charge in [-0.2, -0.15) is 0 Å². The highest BCUT2D eigenvalue weighted by molar-refractivity contribution is 5.97. The van der Waals surface area contributed by atoms with Gasteiger partial charge in [0.2, 0.25) is 0 Å². The largest absolute Gasteiger partial charge is 0.482 e. The van der Waals surface area contributed by atoms with Crippen LogP contribution in [0.4, 0.5) is 17.1 Å². The van der Waals surface area contributed by atoms with Crippen molar-refractivity contribution in [3.05, 3.63) is 12.1 Å². The molecule has 0 unspecified atom stereocenters. The van der Waals surface area contributed by atoms with E-state index < -0.39 is 0 Å². The number of hydrogen-bond acceptors (Lipinski definition) is 5. The monoisotopic (exact) mass is 279 g/mol. The summed E-state index contributed by atoms with van der Waals surface area (Å²) in [6.07, 6.45) is 0.664. The molecule has 0 saturated heterocycles. The highest BCUT2D eigenvalue weighted by Gasteiger charge is 2.21. The van der Waals surface area contributed by atoms with Crippen molar-refractivity contribution in [3.63, 3.8) is 0 Å². The Morgan fingerprint density at radius 3 is 2.90 bits per heavy atom. The highest BCUT2D eigenvalue weighted by Crippen LogP contribution is 2.37. The van der Waals surface area contributed by atoms with Crippen LogP contribution >= 0.6 is 0 Å². The molecule has 6 heteroatoms. The molecule has 1 aliphatic heterocycles. The Labute approximate surface area is 118 Å². The van der Waals surface area contributed by atoms with Crippen molar-refractivity contribution in [2.75, 3.05) is 35.7 Å². The topological polar surface area (TPSA) is 87.8 Å². The number of nitrogens with two attached hydrogens (primary N) is 1. The number of hydrogen-bond donors (Lipinski definition) is 3. The van der Waals surface area contributed by atoms with Crippen LogP contribution in [-0.2, 0) is 4.79 Å². The predicted octanol–water partition coefficient (Wildman–Crippen LogP) is 1.20. The number of anilines is 3. The molecule has 0 saturated carbocycles. The normalized spacial score (nSPS) is 13.7. The molecule has 1 aromatic rings. The molecule has 6 nitrogen and oxygen atoms in total. The van der Waals surface area contributed by atoms with Gasteiger partial charge in [-0.05, 0) is 26.3 Å². The lowest BCUT2D eigenvalue weighted by Crippen LogP contribution is -2.33. The summed E-state index contributed by atoms with van der Waals surface area (Å²) in [4.78, 5) is 13.5. The number of nitrogens with one attached hydrogen (secondary N) is 1. The molecule has 1 aromatic carbocycles. The molecule has 1 heterocycles. The molecule has 1 aliphatic rings. The van der Waals surface area contributed by atoms with Gasteiger partial charge in [-0.1, -0.05) is 0 Å². The summed E-state index contributed by atoms with van der Waals surface area (Å²) >= 11 is 0. The summed E-state index contributed by atoms with van der Waals surface area (Å²) in [5.74, 6) is 0.427. The van der Waals surface area contributed by atoms with E-state index in [2.05, 4.69) is 24.1 Å². The number of ether oxygens (including phenoxy) is 1. The van der Waals surface area contributed by atoms with Gasteiger partial charge in [0, 0.05) is 25.3 Å². The Morgan fingerprint density at radius 2 is 2.25 bits per heavy atom. The van der Waals surface area contributed by atoms with Gasteiger partial charge in [-0.25, -0.2) is 0 Å². The SMILES string of the molecule is CC(C)N(CCCO)c1cc2c(cc1N)OCC(=O)N2. The van der Waals surface area contributed by atoms with Gasteiger partial charge in [0.05, 0.1) is 17.1 Å². The summed E-state index contributed by atoms with van der Waals surface area (Å²) in [7, 11) is 0. The minimum Gasteiger partial charge on any atom is -0.482 e. The van der Waals surface area contributed by atoms with Crippen molar-refractivity contribution >= 4 is 23.0 Å². The fraction of sp³-hybridized carbons (Fsp3) is 0.500. The van der Waals surface area contributed by atoms with Crippen molar-refractivity contribution in [1.82, 2.24) is 0 Å². The lowest BCUT2D eigenvalue weighted by molar-refractivity contribution is -0.118. The lowest BCUT2D eigenvalue weighted by atomic mass is 10.1. The van der Waals surface area contributed by atoms with Gasteiger partial charge in [0.15, 0.2) is 6.61 Å². The van der Waals surface area contributed by atoms with Gasteiger partial charge in [0.1, 0.15) is 5.75 Å². The van der Waals surface area contributed by atoms with Crippen LogP contribution in [0.5, 0.6) is 5.75 Å². The number of amides is 1. The molecule has 0 radical (unpaired) electrons. The summed E-state index contributed by atoms with van der Waals surface area (Å²) in [5.41, 5.74) is 8.18. The van der Waals surface area contributed by atoms with E-state index in [1.807, 2.05) is 6.07 Å². The minimum absolute atomic E-state index is 0.0180. The Hall–Kier alpha value is -1.95. The number of nitrogens with zero attached hydrogens (tertiary/aromatic N) is 1. The molecular formula is C14H21N3O3. The van der Waals surface area contributed by atoms with E-state index in [9.17, 15) is 4.79 Å². The summed E-state index contributed by atoms with van der Waals surface area (Å²) < 4.78 is 5.34. The molecule has 0 fully saturated rings. The number of fused-ring (bicyclic) bond motifs is 1. The highest BCUT2D eigenvalue weighted by atomic mass is 16.5. The smallest absolute Gasteiger partial charge is 0.262 e. The van der Waals surface area contributed by atoms with E-state index in [0.717, 1.165) is 5.69 Å². The number of nitrogen functional groups attached to an aromatic ring is 1. The van der Waals surface area contributed by atoms with Crippen LogP contribution < -0.4 is 20.7 Å². The van der Waals surface area contributed by atoms with Crippen LogP contribution in [0.25, 0.3) is 0 Å². The average Bonchev–Trinajstić information content (AvgIpc) is 2.39. The fourth-order valence-corrected chi connectivity index (χ4v) is 2.28. The Bertz CT molecular complexity index is 503. The van der Waals surface area contributed by atoms with E-state index in [4.69, 9.17) is 15.6 Å². The predicted molar refractivity (Wildman–Crippen MR) is 79.2 cm³/mol. The van der Waals surface area contributed by atoms with Crippen LogP contribution in [-0.4, -0.2) is 36.8 Å². The molecular weight excluding hydrogens is 258 g/mol. The number of carbonyl (C=O) groups excluding carboxylic acids is 1. The van der Waals surface area contributed by atoms with Crippen LogP contribution in [0, 0.1) is 0 Å². The van der Waals surface area contributed by atoms with Crippen molar-refractivity contribution in [2.24, 2.45) is 0 Å². The summed E-state index contributed by atoms with van der Waals surface area (Å²) in [5, 5.41) is 11.8. The number of benzene rings is 1. The van der Waals surface area contributed by atoms with Gasteiger partial charge < -0.3 is 25.8 Å². The van der Waals surface area contributed by atoms with Crippen LogP contribution in [0.3, 0.4) is 0 Å². The van der Waals surface area contributed by atoms with Crippen molar-refractivity contribution in [1.29, 1.82) is 0 Å². The average molecular weight is 279 g/mol. The first-order chi connectivity index (χ1) is 9.52. The van der Waals surface area contributed by atoms with Crippen LogP contribution in [0.15, 0.2) is 12.1 Å².